The standard InChI is InChI=1S/C11H13NO5/c1-6-3-4-8(5-9(6)12(16)17)10(13)7(2)11(14)15/h3-5,7,10,13H,1-2H3,(H,14,15)/t7-,10+/m1/s1. The number of nitro benzene ring substituents is 1. The van der Waals surface area contributed by atoms with Gasteiger partial charge in [-0.1, -0.05) is 12.1 Å². The van der Waals surface area contributed by atoms with Gasteiger partial charge in [0.05, 0.1) is 16.9 Å². The van der Waals surface area contributed by atoms with Crippen LogP contribution in [-0.4, -0.2) is 21.1 Å². The minimum absolute atomic E-state index is 0.126. The number of nitro groups is 1. The lowest BCUT2D eigenvalue weighted by atomic mass is 9.96. The highest BCUT2D eigenvalue weighted by molar-refractivity contribution is 5.70. The van der Waals surface area contributed by atoms with E-state index in [1.807, 2.05) is 0 Å². The molecule has 0 aliphatic carbocycles. The molecule has 0 spiro atoms. The maximum Gasteiger partial charge on any atom is 0.309 e. The molecule has 0 aliphatic rings. The van der Waals surface area contributed by atoms with Gasteiger partial charge in [0.15, 0.2) is 0 Å². The minimum atomic E-state index is -1.26. The lowest BCUT2D eigenvalue weighted by Gasteiger charge is -2.15. The van der Waals surface area contributed by atoms with Crippen molar-refractivity contribution >= 4 is 11.7 Å². The number of aliphatic hydroxyl groups is 1. The highest BCUT2D eigenvalue weighted by Gasteiger charge is 2.24. The average Bonchev–Trinajstić information content (AvgIpc) is 2.27. The summed E-state index contributed by atoms with van der Waals surface area (Å²) in [4.78, 5) is 20.9. The van der Waals surface area contributed by atoms with Crippen molar-refractivity contribution in [1.29, 1.82) is 0 Å². The Balaban J connectivity index is 3.11. The fourth-order valence-electron chi connectivity index (χ4n) is 1.43. The summed E-state index contributed by atoms with van der Waals surface area (Å²) >= 11 is 0. The molecule has 0 bridgehead atoms. The quantitative estimate of drug-likeness (QED) is 0.614. The summed E-state index contributed by atoms with van der Waals surface area (Å²) in [5.74, 6) is -2.17. The number of rotatable bonds is 4. The largest absolute Gasteiger partial charge is 0.481 e. The highest BCUT2D eigenvalue weighted by atomic mass is 16.6. The summed E-state index contributed by atoms with van der Waals surface area (Å²) in [6, 6.07) is 4.19. The van der Waals surface area contributed by atoms with Gasteiger partial charge < -0.3 is 10.2 Å². The second-order valence-corrected chi connectivity index (χ2v) is 3.87. The van der Waals surface area contributed by atoms with E-state index in [-0.39, 0.29) is 11.3 Å². The van der Waals surface area contributed by atoms with Crippen molar-refractivity contribution in [2.75, 3.05) is 0 Å². The number of benzene rings is 1. The second-order valence-electron chi connectivity index (χ2n) is 3.87. The summed E-state index contributed by atoms with van der Waals surface area (Å²) in [5.41, 5.74) is 0.574. The summed E-state index contributed by atoms with van der Waals surface area (Å²) in [5, 5.41) is 29.2. The van der Waals surface area contributed by atoms with Gasteiger partial charge in [0.25, 0.3) is 5.69 Å². The Bertz CT molecular complexity index is 457. The zero-order valence-corrected chi connectivity index (χ0v) is 9.45. The minimum Gasteiger partial charge on any atom is -0.481 e. The van der Waals surface area contributed by atoms with Gasteiger partial charge in [0.1, 0.15) is 0 Å². The Labute approximate surface area is 97.7 Å². The van der Waals surface area contributed by atoms with Gasteiger partial charge in [-0.3, -0.25) is 14.9 Å². The number of nitrogens with zero attached hydrogens (tertiary/aromatic N) is 1. The van der Waals surface area contributed by atoms with Crippen LogP contribution in [0, 0.1) is 23.0 Å². The first-order valence-electron chi connectivity index (χ1n) is 5.00. The molecule has 0 aromatic heterocycles. The molecule has 6 heteroatoms. The van der Waals surface area contributed by atoms with Crippen LogP contribution in [0.3, 0.4) is 0 Å². The van der Waals surface area contributed by atoms with E-state index in [1.54, 1.807) is 6.92 Å². The molecule has 0 aliphatic heterocycles. The molecule has 0 unspecified atom stereocenters. The molecular formula is C11H13NO5. The normalized spacial score (nSPS) is 14.1. The topological polar surface area (TPSA) is 101 Å². The van der Waals surface area contributed by atoms with Crippen molar-refractivity contribution in [3.05, 3.63) is 39.4 Å². The molecule has 0 heterocycles. The van der Waals surface area contributed by atoms with Crippen LogP contribution in [0.4, 0.5) is 5.69 Å². The van der Waals surface area contributed by atoms with Crippen LogP contribution in [0.15, 0.2) is 18.2 Å². The van der Waals surface area contributed by atoms with E-state index in [2.05, 4.69) is 0 Å². The number of carbonyl (C=O) groups is 1. The van der Waals surface area contributed by atoms with E-state index in [1.165, 1.54) is 25.1 Å². The predicted molar refractivity (Wildman–Crippen MR) is 59.6 cm³/mol. The van der Waals surface area contributed by atoms with E-state index >= 15 is 0 Å². The molecule has 0 amide bonds. The molecular weight excluding hydrogens is 226 g/mol. The maximum absolute atomic E-state index is 10.7. The zero-order valence-electron chi connectivity index (χ0n) is 9.45. The van der Waals surface area contributed by atoms with Gasteiger partial charge in [-0.25, -0.2) is 0 Å². The molecule has 0 saturated heterocycles. The zero-order chi connectivity index (χ0) is 13.2. The van der Waals surface area contributed by atoms with E-state index in [4.69, 9.17) is 5.11 Å². The van der Waals surface area contributed by atoms with E-state index < -0.39 is 22.9 Å². The molecule has 2 N–H and O–H groups in total. The number of carboxylic acids is 1. The lowest BCUT2D eigenvalue weighted by Crippen LogP contribution is -2.18. The average molecular weight is 239 g/mol. The third-order valence-electron chi connectivity index (χ3n) is 2.63. The van der Waals surface area contributed by atoms with E-state index in [0.29, 0.717) is 5.56 Å². The SMILES string of the molecule is Cc1ccc([C@@H](O)[C@@H](C)C(=O)O)cc1[N+](=O)[O-]. The highest BCUT2D eigenvalue weighted by Crippen LogP contribution is 2.27. The van der Waals surface area contributed by atoms with E-state index in [0.717, 1.165) is 0 Å². The monoisotopic (exact) mass is 239 g/mol. The number of aryl methyl sites for hydroxylation is 1. The molecule has 0 fully saturated rings. The summed E-state index contributed by atoms with van der Waals surface area (Å²) < 4.78 is 0. The predicted octanol–water partition coefficient (Wildman–Crippen LogP) is 1.66. The number of hydrogen-bond donors (Lipinski definition) is 2. The van der Waals surface area contributed by atoms with Crippen molar-refractivity contribution in [3.63, 3.8) is 0 Å². The van der Waals surface area contributed by atoms with Gasteiger partial charge in [-0.2, -0.15) is 0 Å². The molecule has 6 nitrogen and oxygen atoms in total. The van der Waals surface area contributed by atoms with Gasteiger partial charge in [-0.05, 0) is 19.4 Å². The molecule has 2 atom stereocenters. The first kappa shape index (κ1) is 13.1. The van der Waals surface area contributed by atoms with Crippen LogP contribution in [0.2, 0.25) is 0 Å². The third kappa shape index (κ3) is 2.79. The third-order valence-corrected chi connectivity index (χ3v) is 2.63. The van der Waals surface area contributed by atoms with Crippen molar-refractivity contribution in [2.24, 2.45) is 5.92 Å². The first-order chi connectivity index (χ1) is 7.84. The van der Waals surface area contributed by atoms with Crippen LogP contribution >= 0.6 is 0 Å². The summed E-state index contributed by atoms with van der Waals surface area (Å²) in [6.07, 6.45) is -1.26. The smallest absolute Gasteiger partial charge is 0.309 e. The number of hydrogen-bond acceptors (Lipinski definition) is 4. The van der Waals surface area contributed by atoms with Crippen LogP contribution in [-0.2, 0) is 4.79 Å². The van der Waals surface area contributed by atoms with Gasteiger partial charge in [0.2, 0.25) is 0 Å². The fourth-order valence-corrected chi connectivity index (χ4v) is 1.43. The van der Waals surface area contributed by atoms with Crippen molar-refractivity contribution < 1.29 is 19.9 Å². The van der Waals surface area contributed by atoms with Gasteiger partial charge in [0, 0.05) is 11.6 Å². The van der Waals surface area contributed by atoms with Crippen molar-refractivity contribution in [3.8, 4) is 0 Å². The molecule has 0 radical (unpaired) electrons. The van der Waals surface area contributed by atoms with Gasteiger partial charge >= 0.3 is 5.97 Å². The fraction of sp³-hybridized carbons (Fsp3) is 0.364. The van der Waals surface area contributed by atoms with E-state index in [9.17, 15) is 20.0 Å². The molecule has 1 rings (SSSR count). The van der Waals surface area contributed by atoms with Crippen molar-refractivity contribution in [1.82, 2.24) is 0 Å². The van der Waals surface area contributed by atoms with Crippen LogP contribution < -0.4 is 0 Å². The molecule has 0 saturated carbocycles. The number of aliphatic carboxylic acids is 1. The Kier molecular flexibility index (Phi) is 3.80. The number of carboxylic acid groups (broad SMARTS) is 1. The van der Waals surface area contributed by atoms with Crippen LogP contribution in [0.1, 0.15) is 24.2 Å². The summed E-state index contributed by atoms with van der Waals surface area (Å²) in [6.45, 7) is 2.92. The first-order valence-corrected chi connectivity index (χ1v) is 5.00. The Morgan fingerprint density at radius 1 is 1.47 bits per heavy atom. The second kappa shape index (κ2) is 4.92. The van der Waals surface area contributed by atoms with Crippen molar-refractivity contribution in [2.45, 2.75) is 20.0 Å². The lowest BCUT2D eigenvalue weighted by molar-refractivity contribution is -0.385. The molecule has 17 heavy (non-hydrogen) atoms. The molecule has 92 valence electrons. The maximum atomic E-state index is 10.7. The molecule has 1 aromatic rings. The number of aliphatic hydroxyl groups excluding tert-OH is 1. The Hall–Kier alpha value is -1.95. The Morgan fingerprint density at radius 3 is 2.53 bits per heavy atom. The summed E-state index contributed by atoms with van der Waals surface area (Å²) in [7, 11) is 0. The van der Waals surface area contributed by atoms with Gasteiger partial charge in [-0.15, -0.1) is 0 Å². The van der Waals surface area contributed by atoms with Crippen LogP contribution in [0.5, 0.6) is 0 Å². The Morgan fingerprint density at radius 2 is 2.06 bits per heavy atom. The molecule has 1 aromatic carbocycles. The van der Waals surface area contributed by atoms with Crippen LogP contribution in [0.25, 0.3) is 0 Å².